The molecule has 2 bridgehead atoms. The predicted molar refractivity (Wildman–Crippen MR) is 130 cm³/mol. The summed E-state index contributed by atoms with van der Waals surface area (Å²) in [6, 6.07) is 0. The number of aliphatic hydroxyl groups excluding tert-OH is 1. The highest BCUT2D eigenvalue weighted by Crippen LogP contribution is 2.79. The van der Waals surface area contributed by atoms with E-state index >= 15 is 0 Å². The molecule has 2 unspecified atom stereocenters. The van der Waals surface area contributed by atoms with Gasteiger partial charge in [-0.2, -0.15) is 0 Å². The predicted octanol–water partition coefficient (Wildman–Crippen LogP) is 6.97. The third-order valence-corrected chi connectivity index (χ3v) is 14.3. The molecule has 6 saturated carbocycles. The van der Waals surface area contributed by atoms with E-state index in [9.17, 15) is 10.2 Å². The van der Waals surface area contributed by atoms with Crippen LogP contribution in [-0.2, 0) is 0 Å². The largest absolute Gasteiger partial charge is 0.392 e. The molecule has 0 aromatic heterocycles. The lowest BCUT2D eigenvalue weighted by atomic mass is 9.31. The van der Waals surface area contributed by atoms with Gasteiger partial charge in [0, 0.05) is 11.8 Å². The molecule has 0 amide bonds. The second-order valence-corrected chi connectivity index (χ2v) is 15.4. The summed E-state index contributed by atoms with van der Waals surface area (Å²) in [5.74, 6) is 3.31. The lowest BCUT2D eigenvalue weighted by Gasteiger charge is -2.74. The first kappa shape index (κ1) is 22.4. The van der Waals surface area contributed by atoms with Gasteiger partial charge in [-0.05, 0) is 122 Å². The van der Waals surface area contributed by atoms with Crippen molar-refractivity contribution in [1.29, 1.82) is 0 Å². The van der Waals surface area contributed by atoms with E-state index < -0.39 is 5.60 Å². The fraction of sp³-hybridized carbons (Fsp3) is 1.00. The van der Waals surface area contributed by atoms with Crippen molar-refractivity contribution in [2.45, 2.75) is 130 Å². The van der Waals surface area contributed by atoms with E-state index in [0.717, 1.165) is 24.7 Å². The fourth-order valence-electron chi connectivity index (χ4n) is 13.0. The van der Waals surface area contributed by atoms with Crippen LogP contribution < -0.4 is 0 Å². The minimum Gasteiger partial charge on any atom is -0.392 e. The van der Waals surface area contributed by atoms with Crippen molar-refractivity contribution in [3.8, 4) is 0 Å². The van der Waals surface area contributed by atoms with Gasteiger partial charge < -0.3 is 10.2 Å². The zero-order chi connectivity index (χ0) is 22.9. The Kier molecular flexibility index (Phi) is 4.46. The van der Waals surface area contributed by atoms with Gasteiger partial charge in [0.25, 0.3) is 0 Å². The van der Waals surface area contributed by atoms with Gasteiger partial charge in [-0.1, -0.05) is 41.0 Å². The first-order valence-electron chi connectivity index (χ1n) is 14.2. The van der Waals surface area contributed by atoms with Gasteiger partial charge >= 0.3 is 0 Å². The van der Waals surface area contributed by atoms with Crippen molar-refractivity contribution in [1.82, 2.24) is 0 Å². The van der Waals surface area contributed by atoms with E-state index in [2.05, 4.69) is 34.6 Å². The number of aliphatic hydroxyl groups is 2. The second-order valence-electron chi connectivity index (χ2n) is 15.4. The van der Waals surface area contributed by atoms with Crippen LogP contribution >= 0.6 is 0 Å². The van der Waals surface area contributed by atoms with Crippen molar-refractivity contribution in [2.75, 3.05) is 0 Å². The average molecular weight is 443 g/mol. The minimum absolute atomic E-state index is 0.0808. The van der Waals surface area contributed by atoms with Crippen LogP contribution in [0.2, 0.25) is 0 Å². The summed E-state index contributed by atoms with van der Waals surface area (Å²) >= 11 is 0. The summed E-state index contributed by atoms with van der Waals surface area (Å²) in [6.45, 7) is 15.2. The molecule has 0 heterocycles. The molecule has 0 spiro atoms. The third-order valence-electron chi connectivity index (χ3n) is 14.3. The van der Waals surface area contributed by atoms with Gasteiger partial charge in [0.1, 0.15) is 0 Å². The molecule has 6 fully saturated rings. The molecule has 6 aliphatic rings. The van der Waals surface area contributed by atoms with Gasteiger partial charge in [0.05, 0.1) is 11.7 Å². The van der Waals surface area contributed by atoms with E-state index in [1.165, 1.54) is 57.8 Å². The molecule has 11 atom stereocenters. The van der Waals surface area contributed by atoms with Crippen molar-refractivity contribution in [2.24, 2.45) is 56.7 Å². The molecule has 32 heavy (non-hydrogen) atoms. The Morgan fingerprint density at radius 3 is 2.00 bits per heavy atom. The van der Waals surface area contributed by atoms with Crippen molar-refractivity contribution in [3.63, 3.8) is 0 Å². The maximum Gasteiger partial charge on any atom is 0.0675 e. The smallest absolute Gasteiger partial charge is 0.0675 e. The van der Waals surface area contributed by atoms with Crippen molar-refractivity contribution < 1.29 is 10.2 Å². The monoisotopic (exact) mass is 442 g/mol. The highest BCUT2D eigenvalue weighted by Gasteiger charge is 2.74. The number of fused-ring (bicyclic) bond motifs is 5. The van der Waals surface area contributed by atoms with Crippen molar-refractivity contribution in [3.05, 3.63) is 0 Å². The molecular formula is C30H50O2. The maximum atomic E-state index is 11.7. The first-order chi connectivity index (χ1) is 14.8. The second kappa shape index (κ2) is 6.37. The van der Waals surface area contributed by atoms with E-state index in [-0.39, 0.29) is 11.5 Å². The Morgan fingerprint density at radius 1 is 0.625 bits per heavy atom. The van der Waals surface area contributed by atoms with E-state index in [1.54, 1.807) is 0 Å². The Hall–Kier alpha value is -0.0800. The average Bonchev–Trinajstić information content (AvgIpc) is 3.04. The molecule has 0 aliphatic heterocycles. The van der Waals surface area contributed by atoms with Gasteiger partial charge in [-0.3, -0.25) is 0 Å². The van der Waals surface area contributed by atoms with Crippen LogP contribution in [0.3, 0.4) is 0 Å². The number of rotatable bonds is 0. The zero-order valence-corrected chi connectivity index (χ0v) is 21.8. The molecular weight excluding hydrogens is 392 g/mol. The summed E-state index contributed by atoms with van der Waals surface area (Å²) in [4.78, 5) is 0. The SMILES string of the molecule is CC1(C)CCC[C@@]2(C)C1CC[C@]1(C)C2CC[C@@H]2[C@@]34CC[C@@H]([C@@H]3CC[C@]21C)[C@](C)(O)C[C@@H]4O. The van der Waals surface area contributed by atoms with Gasteiger partial charge in [-0.15, -0.1) is 0 Å². The molecule has 2 nitrogen and oxygen atoms in total. The molecule has 0 saturated heterocycles. The summed E-state index contributed by atoms with van der Waals surface area (Å²) in [7, 11) is 0. The Labute approximate surface area is 197 Å². The van der Waals surface area contributed by atoms with Gasteiger partial charge in [0.2, 0.25) is 0 Å². The molecule has 0 aromatic rings. The first-order valence-corrected chi connectivity index (χ1v) is 14.2. The van der Waals surface area contributed by atoms with E-state index in [1.807, 2.05) is 6.92 Å². The molecule has 2 heteroatoms. The molecule has 0 radical (unpaired) electrons. The Bertz CT molecular complexity index is 801. The minimum atomic E-state index is -0.669. The third kappa shape index (κ3) is 2.36. The number of hydrogen-bond acceptors (Lipinski definition) is 2. The van der Waals surface area contributed by atoms with Crippen LogP contribution in [0.15, 0.2) is 0 Å². The highest BCUT2D eigenvalue weighted by molar-refractivity contribution is 5.23. The van der Waals surface area contributed by atoms with Crippen LogP contribution in [0.4, 0.5) is 0 Å². The maximum absolute atomic E-state index is 11.7. The summed E-state index contributed by atoms with van der Waals surface area (Å²) < 4.78 is 0. The van der Waals surface area contributed by atoms with E-state index in [4.69, 9.17) is 0 Å². The zero-order valence-electron chi connectivity index (χ0n) is 21.8. The molecule has 2 N–H and O–H groups in total. The summed E-state index contributed by atoms with van der Waals surface area (Å²) in [5.41, 5.74) is 1.12. The van der Waals surface area contributed by atoms with Crippen LogP contribution in [0.5, 0.6) is 0 Å². The lowest BCUT2D eigenvalue weighted by molar-refractivity contribution is -0.273. The van der Waals surface area contributed by atoms with Crippen molar-refractivity contribution >= 4 is 0 Å². The molecule has 0 aromatic carbocycles. The topological polar surface area (TPSA) is 40.5 Å². The van der Waals surface area contributed by atoms with Crippen LogP contribution in [0.25, 0.3) is 0 Å². The van der Waals surface area contributed by atoms with Gasteiger partial charge in [0.15, 0.2) is 0 Å². The molecule has 6 aliphatic carbocycles. The Morgan fingerprint density at radius 2 is 1.25 bits per heavy atom. The van der Waals surface area contributed by atoms with Crippen LogP contribution in [0.1, 0.15) is 119 Å². The number of hydrogen-bond donors (Lipinski definition) is 2. The molecule has 6 rings (SSSR count). The summed E-state index contributed by atoms with van der Waals surface area (Å²) in [5, 5.41) is 22.9. The standard InChI is InChI=1S/C30H50O2/c1-25(2)13-7-14-26(3)21(25)12-16-27(4)22(26)8-9-23-28(27,5)15-10-20-19-11-17-30(20,23)24(31)18-29(19,6)32/h19-24,31-32H,7-18H2,1-6H3/t19-,20-,21?,22?,23-,24-,26-,27+,28+,29+,30+/m0/s1. The lowest BCUT2D eigenvalue weighted by Crippen LogP contribution is -2.69. The molecule has 182 valence electrons. The van der Waals surface area contributed by atoms with Crippen LogP contribution in [0, 0.1) is 56.7 Å². The fourth-order valence-corrected chi connectivity index (χ4v) is 13.0. The van der Waals surface area contributed by atoms with Crippen LogP contribution in [-0.4, -0.2) is 21.9 Å². The quantitative estimate of drug-likeness (QED) is 0.425. The van der Waals surface area contributed by atoms with Gasteiger partial charge in [-0.25, -0.2) is 0 Å². The highest BCUT2D eigenvalue weighted by atomic mass is 16.3. The summed E-state index contributed by atoms with van der Waals surface area (Å²) in [6.07, 6.45) is 14.9. The Balaban J connectivity index is 1.41. The normalized spacial score (nSPS) is 63.0. The van der Waals surface area contributed by atoms with E-state index in [0.29, 0.717) is 45.8 Å².